The van der Waals surface area contributed by atoms with E-state index < -0.39 is 11.7 Å². The number of benzene rings is 1. The number of piperidine rings is 1. The Kier molecular flexibility index (Phi) is 6.90. The predicted octanol–water partition coefficient (Wildman–Crippen LogP) is 4.43. The van der Waals surface area contributed by atoms with Crippen molar-refractivity contribution >= 4 is 5.91 Å². The number of hydrogen-bond acceptors (Lipinski definition) is 3. The topological polar surface area (TPSA) is 42.4 Å². The first-order valence-electron chi connectivity index (χ1n) is 9.74. The second kappa shape index (κ2) is 9.39. The van der Waals surface area contributed by atoms with Crippen molar-refractivity contribution in [2.75, 3.05) is 26.8 Å². The molecule has 1 unspecified atom stereocenters. The molecule has 1 aromatic carbocycles. The first-order valence-corrected chi connectivity index (χ1v) is 9.74. The summed E-state index contributed by atoms with van der Waals surface area (Å²) < 4.78 is 43.6. The Hall–Kier alpha value is -2.41. The number of aromatic nitrogens is 1. The first-order chi connectivity index (χ1) is 13.9. The van der Waals surface area contributed by atoms with Crippen LogP contribution in [0.4, 0.5) is 13.2 Å². The molecule has 1 aromatic heterocycles. The summed E-state index contributed by atoms with van der Waals surface area (Å²) in [5.41, 5.74) is 1.74. The van der Waals surface area contributed by atoms with Gasteiger partial charge in [0.05, 0.1) is 18.6 Å². The van der Waals surface area contributed by atoms with E-state index in [2.05, 4.69) is 4.98 Å². The predicted molar refractivity (Wildman–Crippen MR) is 104 cm³/mol. The first kappa shape index (κ1) is 21.3. The van der Waals surface area contributed by atoms with Crippen molar-refractivity contribution in [1.82, 2.24) is 9.88 Å². The van der Waals surface area contributed by atoms with E-state index in [9.17, 15) is 18.0 Å². The van der Waals surface area contributed by atoms with Gasteiger partial charge in [-0.2, -0.15) is 13.2 Å². The molecule has 0 radical (unpaired) electrons. The quantitative estimate of drug-likeness (QED) is 0.713. The monoisotopic (exact) mass is 406 g/mol. The average Bonchev–Trinajstić information content (AvgIpc) is 2.72. The Balaban J connectivity index is 1.63. The number of ether oxygens (including phenoxy) is 1. The van der Waals surface area contributed by atoms with Gasteiger partial charge in [-0.05, 0) is 42.5 Å². The molecule has 0 saturated carbocycles. The molecule has 2 aromatic rings. The standard InChI is InChI=1S/C22H25F3N2O2/c1-29-11-9-21(28)27-10-3-5-18(15-27)20-8-7-17(14-26-20)12-16-4-2-6-19(13-16)22(23,24)25/h2,4,6-8,13-14,18H,3,5,9-12,15H2,1H3. The number of carbonyl (C=O) groups is 1. The lowest BCUT2D eigenvalue weighted by Crippen LogP contribution is -2.39. The van der Waals surface area contributed by atoms with Crippen LogP contribution < -0.4 is 0 Å². The van der Waals surface area contributed by atoms with Crippen LogP contribution in [0.2, 0.25) is 0 Å². The van der Waals surface area contributed by atoms with Crippen molar-refractivity contribution in [1.29, 1.82) is 0 Å². The van der Waals surface area contributed by atoms with Crippen molar-refractivity contribution in [3.8, 4) is 0 Å². The lowest BCUT2D eigenvalue weighted by atomic mass is 9.93. The maximum absolute atomic E-state index is 12.9. The molecule has 0 spiro atoms. The average molecular weight is 406 g/mol. The maximum Gasteiger partial charge on any atom is 0.416 e. The fourth-order valence-corrected chi connectivity index (χ4v) is 3.67. The molecule has 1 fully saturated rings. The highest BCUT2D eigenvalue weighted by Gasteiger charge is 2.30. The number of methoxy groups -OCH3 is 1. The van der Waals surface area contributed by atoms with Crippen LogP contribution >= 0.6 is 0 Å². The summed E-state index contributed by atoms with van der Waals surface area (Å²) >= 11 is 0. The molecule has 0 aliphatic carbocycles. The molecule has 7 heteroatoms. The van der Waals surface area contributed by atoms with Crippen LogP contribution in [0.1, 0.15) is 47.6 Å². The van der Waals surface area contributed by atoms with E-state index in [4.69, 9.17) is 4.74 Å². The minimum atomic E-state index is -4.34. The van der Waals surface area contributed by atoms with Gasteiger partial charge in [0, 0.05) is 38.0 Å². The van der Waals surface area contributed by atoms with Gasteiger partial charge in [0.25, 0.3) is 0 Å². The molecule has 156 valence electrons. The SMILES string of the molecule is COCCC(=O)N1CCCC(c2ccc(Cc3cccc(C(F)(F)F)c3)cn2)C1. The highest BCUT2D eigenvalue weighted by molar-refractivity contribution is 5.76. The molecule has 1 amide bonds. The highest BCUT2D eigenvalue weighted by Crippen LogP contribution is 2.30. The molecule has 1 atom stereocenters. The largest absolute Gasteiger partial charge is 0.416 e. The van der Waals surface area contributed by atoms with Gasteiger partial charge in [0.2, 0.25) is 5.91 Å². The second-order valence-corrected chi connectivity index (χ2v) is 7.39. The molecule has 1 aliphatic rings. The van der Waals surface area contributed by atoms with Gasteiger partial charge in [-0.25, -0.2) is 0 Å². The number of rotatable bonds is 6. The lowest BCUT2D eigenvalue weighted by Gasteiger charge is -2.32. The smallest absolute Gasteiger partial charge is 0.384 e. The van der Waals surface area contributed by atoms with Crippen LogP contribution in [0, 0.1) is 0 Å². The van der Waals surface area contributed by atoms with Gasteiger partial charge in [-0.3, -0.25) is 9.78 Å². The third-order valence-corrected chi connectivity index (χ3v) is 5.22. The maximum atomic E-state index is 12.9. The van der Waals surface area contributed by atoms with E-state index >= 15 is 0 Å². The summed E-state index contributed by atoms with van der Waals surface area (Å²) in [6.07, 6.45) is 0.0497. The molecule has 1 saturated heterocycles. The number of amides is 1. The Morgan fingerprint density at radius 3 is 2.76 bits per heavy atom. The fourth-order valence-electron chi connectivity index (χ4n) is 3.67. The molecular formula is C22H25F3N2O2. The normalized spacial score (nSPS) is 17.4. The van der Waals surface area contributed by atoms with Crippen molar-refractivity contribution in [2.45, 2.75) is 37.8 Å². The summed E-state index contributed by atoms with van der Waals surface area (Å²) in [7, 11) is 1.58. The lowest BCUT2D eigenvalue weighted by molar-refractivity contribution is -0.137. The van der Waals surface area contributed by atoms with Crippen LogP contribution in [0.5, 0.6) is 0 Å². The number of likely N-dealkylation sites (tertiary alicyclic amines) is 1. The molecular weight excluding hydrogens is 381 g/mol. The van der Waals surface area contributed by atoms with E-state index in [0.29, 0.717) is 31.6 Å². The summed E-state index contributed by atoms with van der Waals surface area (Å²) in [6.45, 7) is 1.82. The number of halogens is 3. The van der Waals surface area contributed by atoms with Crippen LogP contribution in [0.25, 0.3) is 0 Å². The zero-order chi connectivity index (χ0) is 20.9. The third-order valence-electron chi connectivity index (χ3n) is 5.22. The number of pyridine rings is 1. The van der Waals surface area contributed by atoms with Gasteiger partial charge in [0.15, 0.2) is 0 Å². The van der Waals surface area contributed by atoms with Gasteiger partial charge in [-0.1, -0.05) is 24.3 Å². The number of nitrogens with zero attached hydrogens (tertiary/aromatic N) is 2. The molecule has 29 heavy (non-hydrogen) atoms. The van der Waals surface area contributed by atoms with Crippen molar-refractivity contribution in [3.63, 3.8) is 0 Å². The number of carbonyl (C=O) groups excluding carboxylic acids is 1. The van der Waals surface area contributed by atoms with Crippen LogP contribution in [0.15, 0.2) is 42.6 Å². The summed E-state index contributed by atoms with van der Waals surface area (Å²) in [4.78, 5) is 18.6. The second-order valence-electron chi connectivity index (χ2n) is 7.39. The van der Waals surface area contributed by atoms with Crippen LogP contribution in [0.3, 0.4) is 0 Å². The van der Waals surface area contributed by atoms with Gasteiger partial charge in [-0.15, -0.1) is 0 Å². The molecule has 0 bridgehead atoms. The Labute approximate surface area is 168 Å². The third kappa shape index (κ3) is 5.79. The summed E-state index contributed by atoms with van der Waals surface area (Å²) in [5.74, 6) is 0.274. The summed E-state index contributed by atoms with van der Waals surface area (Å²) in [6, 6.07) is 9.21. The zero-order valence-electron chi connectivity index (χ0n) is 16.4. The number of alkyl halides is 3. The van der Waals surface area contributed by atoms with Crippen LogP contribution in [-0.2, 0) is 22.1 Å². The van der Waals surface area contributed by atoms with Crippen molar-refractivity contribution < 1.29 is 22.7 Å². The molecule has 1 aliphatic heterocycles. The minimum absolute atomic E-state index is 0.0951. The minimum Gasteiger partial charge on any atom is -0.384 e. The van der Waals surface area contributed by atoms with E-state index in [0.717, 1.165) is 36.7 Å². The van der Waals surface area contributed by atoms with Crippen LogP contribution in [-0.4, -0.2) is 42.6 Å². The molecule has 3 rings (SSSR count). The van der Waals surface area contributed by atoms with E-state index in [1.165, 1.54) is 12.1 Å². The molecule has 0 N–H and O–H groups in total. The van der Waals surface area contributed by atoms with Crippen molar-refractivity contribution in [2.24, 2.45) is 0 Å². The fraction of sp³-hybridized carbons (Fsp3) is 0.455. The van der Waals surface area contributed by atoms with Crippen molar-refractivity contribution in [3.05, 3.63) is 65.0 Å². The molecule has 2 heterocycles. The van der Waals surface area contributed by atoms with Gasteiger partial charge in [0.1, 0.15) is 0 Å². The van der Waals surface area contributed by atoms with E-state index in [1.807, 2.05) is 17.0 Å². The highest BCUT2D eigenvalue weighted by atomic mass is 19.4. The Morgan fingerprint density at radius 1 is 1.24 bits per heavy atom. The Morgan fingerprint density at radius 2 is 2.07 bits per heavy atom. The summed E-state index contributed by atoms with van der Waals surface area (Å²) in [5, 5.41) is 0. The van der Waals surface area contributed by atoms with Gasteiger partial charge < -0.3 is 9.64 Å². The zero-order valence-corrected chi connectivity index (χ0v) is 16.4. The molecule has 4 nitrogen and oxygen atoms in total. The van der Waals surface area contributed by atoms with E-state index in [1.54, 1.807) is 19.4 Å². The number of hydrogen-bond donors (Lipinski definition) is 0. The van der Waals surface area contributed by atoms with E-state index in [-0.39, 0.29) is 11.8 Å². The van der Waals surface area contributed by atoms with Gasteiger partial charge >= 0.3 is 6.18 Å². The Bertz CT molecular complexity index is 822.